The first-order valence-electron chi connectivity index (χ1n) is 5.33. The van der Waals surface area contributed by atoms with Gasteiger partial charge in [0, 0.05) is 19.3 Å². The van der Waals surface area contributed by atoms with E-state index in [1.54, 1.807) is 0 Å². The van der Waals surface area contributed by atoms with Gasteiger partial charge in [-0.1, -0.05) is 6.42 Å². The summed E-state index contributed by atoms with van der Waals surface area (Å²) < 4.78 is 0. The quantitative estimate of drug-likeness (QED) is 0.588. The van der Waals surface area contributed by atoms with E-state index in [9.17, 15) is 5.11 Å². The summed E-state index contributed by atoms with van der Waals surface area (Å²) in [6, 6.07) is 0.477. The Labute approximate surface area is 80.2 Å². The normalized spacial score (nSPS) is 25.8. The highest BCUT2D eigenvalue weighted by Crippen LogP contribution is 2.18. The number of hydrogen-bond donors (Lipinski definition) is 3. The molecular weight excluding hydrogens is 166 g/mol. The fourth-order valence-corrected chi connectivity index (χ4v) is 2.05. The molecule has 0 spiro atoms. The molecule has 2 atom stereocenters. The van der Waals surface area contributed by atoms with E-state index in [4.69, 9.17) is 5.11 Å². The maximum Gasteiger partial charge on any atom is 0.0474 e. The van der Waals surface area contributed by atoms with Gasteiger partial charge in [-0.2, -0.15) is 0 Å². The molecule has 0 unspecified atom stereocenters. The van der Waals surface area contributed by atoms with Crippen LogP contribution in [0.5, 0.6) is 0 Å². The largest absolute Gasteiger partial charge is 0.396 e. The zero-order chi connectivity index (χ0) is 9.52. The lowest BCUT2D eigenvalue weighted by atomic mass is 9.89. The number of piperidine rings is 1. The van der Waals surface area contributed by atoms with Crippen molar-refractivity contribution >= 4 is 0 Å². The van der Waals surface area contributed by atoms with Crippen molar-refractivity contribution in [3.63, 3.8) is 0 Å². The van der Waals surface area contributed by atoms with Gasteiger partial charge >= 0.3 is 0 Å². The lowest BCUT2D eigenvalue weighted by Crippen LogP contribution is -2.41. The molecule has 1 fully saturated rings. The van der Waals surface area contributed by atoms with Gasteiger partial charge in [-0.3, -0.25) is 0 Å². The van der Waals surface area contributed by atoms with Crippen LogP contribution in [0.3, 0.4) is 0 Å². The van der Waals surface area contributed by atoms with E-state index in [1.165, 1.54) is 19.3 Å². The van der Waals surface area contributed by atoms with E-state index >= 15 is 0 Å². The van der Waals surface area contributed by atoms with Crippen molar-refractivity contribution in [2.45, 2.75) is 38.1 Å². The highest BCUT2D eigenvalue weighted by molar-refractivity contribution is 4.79. The average Bonchev–Trinajstić information content (AvgIpc) is 2.21. The second-order valence-corrected chi connectivity index (χ2v) is 3.86. The van der Waals surface area contributed by atoms with Crippen LogP contribution in [0.4, 0.5) is 0 Å². The van der Waals surface area contributed by atoms with Gasteiger partial charge in [0.2, 0.25) is 0 Å². The van der Waals surface area contributed by atoms with Gasteiger partial charge in [-0.25, -0.2) is 0 Å². The minimum Gasteiger partial charge on any atom is -0.396 e. The average molecular weight is 187 g/mol. The summed E-state index contributed by atoms with van der Waals surface area (Å²) in [7, 11) is 0. The molecule has 78 valence electrons. The standard InChI is InChI=1S/C10H21NO2/c12-7-3-4-9(8-13)10-5-1-2-6-11-10/h9-13H,1-8H2/t9-,10-/m1/s1. The van der Waals surface area contributed by atoms with Gasteiger partial charge in [-0.15, -0.1) is 0 Å². The Balaban J connectivity index is 2.26. The number of rotatable bonds is 5. The van der Waals surface area contributed by atoms with E-state index in [0.717, 1.165) is 19.4 Å². The van der Waals surface area contributed by atoms with Gasteiger partial charge in [0.25, 0.3) is 0 Å². The van der Waals surface area contributed by atoms with Crippen molar-refractivity contribution in [1.29, 1.82) is 0 Å². The van der Waals surface area contributed by atoms with E-state index < -0.39 is 0 Å². The van der Waals surface area contributed by atoms with Crippen LogP contribution in [0.2, 0.25) is 0 Å². The van der Waals surface area contributed by atoms with Crippen molar-refractivity contribution in [1.82, 2.24) is 5.32 Å². The van der Waals surface area contributed by atoms with Crippen molar-refractivity contribution in [3.8, 4) is 0 Å². The van der Waals surface area contributed by atoms with Crippen LogP contribution in [0, 0.1) is 5.92 Å². The van der Waals surface area contributed by atoms with E-state index in [0.29, 0.717) is 12.0 Å². The van der Waals surface area contributed by atoms with Crippen LogP contribution in [0.25, 0.3) is 0 Å². The van der Waals surface area contributed by atoms with E-state index in [-0.39, 0.29) is 13.2 Å². The van der Waals surface area contributed by atoms with Crippen LogP contribution >= 0.6 is 0 Å². The summed E-state index contributed by atoms with van der Waals surface area (Å²) >= 11 is 0. The molecule has 0 aromatic carbocycles. The maximum absolute atomic E-state index is 9.18. The first kappa shape index (κ1) is 11.0. The molecule has 0 amide bonds. The Hall–Kier alpha value is -0.120. The third-order valence-corrected chi connectivity index (χ3v) is 2.89. The highest BCUT2D eigenvalue weighted by Gasteiger charge is 2.21. The first-order valence-corrected chi connectivity index (χ1v) is 5.33. The molecule has 1 saturated heterocycles. The molecular formula is C10H21NO2. The fraction of sp³-hybridized carbons (Fsp3) is 1.00. The van der Waals surface area contributed by atoms with Gasteiger partial charge in [0.15, 0.2) is 0 Å². The fourth-order valence-electron chi connectivity index (χ4n) is 2.05. The van der Waals surface area contributed by atoms with Crippen molar-refractivity contribution in [2.75, 3.05) is 19.8 Å². The summed E-state index contributed by atoms with van der Waals surface area (Å²) in [6.45, 7) is 1.57. The SMILES string of the molecule is OCCC[C@H](CO)[C@H]1CCCCN1. The third-order valence-electron chi connectivity index (χ3n) is 2.89. The van der Waals surface area contributed by atoms with Crippen LogP contribution in [0.1, 0.15) is 32.1 Å². The van der Waals surface area contributed by atoms with Gasteiger partial charge in [-0.05, 0) is 38.1 Å². The van der Waals surface area contributed by atoms with Crippen LogP contribution < -0.4 is 5.32 Å². The monoisotopic (exact) mass is 187 g/mol. The lowest BCUT2D eigenvalue weighted by molar-refractivity contribution is 0.155. The molecule has 13 heavy (non-hydrogen) atoms. The Morgan fingerprint density at radius 3 is 2.69 bits per heavy atom. The molecule has 1 aliphatic rings. The molecule has 3 nitrogen and oxygen atoms in total. The van der Waals surface area contributed by atoms with E-state index in [1.807, 2.05) is 0 Å². The second kappa shape index (κ2) is 6.35. The van der Waals surface area contributed by atoms with Crippen molar-refractivity contribution < 1.29 is 10.2 Å². The Morgan fingerprint density at radius 2 is 2.15 bits per heavy atom. The number of aliphatic hydroxyl groups is 2. The molecule has 0 aromatic rings. The topological polar surface area (TPSA) is 52.5 Å². The molecule has 0 aromatic heterocycles. The Kier molecular flexibility index (Phi) is 5.35. The smallest absolute Gasteiger partial charge is 0.0474 e. The molecule has 1 heterocycles. The molecule has 1 rings (SSSR count). The molecule has 0 aliphatic carbocycles. The number of aliphatic hydroxyl groups excluding tert-OH is 2. The minimum atomic E-state index is 0.239. The van der Waals surface area contributed by atoms with Gasteiger partial charge in [0.05, 0.1) is 0 Å². The van der Waals surface area contributed by atoms with Gasteiger partial charge < -0.3 is 15.5 Å². The zero-order valence-electron chi connectivity index (χ0n) is 8.21. The predicted octanol–water partition coefficient (Wildman–Crippen LogP) is 0.509. The van der Waals surface area contributed by atoms with Crippen molar-refractivity contribution in [3.05, 3.63) is 0 Å². The first-order chi connectivity index (χ1) is 6.38. The minimum absolute atomic E-state index is 0.239. The molecule has 0 bridgehead atoms. The number of hydrogen-bond acceptors (Lipinski definition) is 3. The molecule has 0 saturated carbocycles. The summed E-state index contributed by atoms with van der Waals surface area (Å²) in [5.41, 5.74) is 0. The Bertz CT molecular complexity index is 124. The lowest BCUT2D eigenvalue weighted by Gasteiger charge is -2.30. The van der Waals surface area contributed by atoms with Crippen LogP contribution in [-0.4, -0.2) is 36.0 Å². The molecule has 1 aliphatic heterocycles. The molecule has 3 N–H and O–H groups in total. The molecule has 0 radical (unpaired) electrons. The second-order valence-electron chi connectivity index (χ2n) is 3.86. The Morgan fingerprint density at radius 1 is 1.31 bits per heavy atom. The summed E-state index contributed by atoms with van der Waals surface area (Å²) in [4.78, 5) is 0. The maximum atomic E-state index is 9.18. The van der Waals surface area contributed by atoms with Crippen LogP contribution in [-0.2, 0) is 0 Å². The zero-order valence-corrected chi connectivity index (χ0v) is 8.21. The van der Waals surface area contributed by atoms with Crippen LogP contribution in [0.15, 0.2) is 0 Å². The highest BCUT2D eigenvalue weighted by atomic mass is 16.3. The molecule has 3 heteroatoms. The summed E-state index contributed by atoms with van der Waals surface area (Å²) in [5, 5.41) is 21.3. The van der Waals surface area contributed by atoms with Gasteiger partial charge in [0.1, 0.15) is 0 Å². The summed E-state index contributed by atoms with van der Waals surface area (Å²) in [5.74, 6) is 0.340. The van der Waals surface area contributed by atoms with Crippen molar-refractivity contribution in [2.24, 2.45) is 5.92 Å². The van der Waals surface area contributed by atoms with E-state index in [2.05, 4.69) is 5.32 Å². The predicted molar refractivity (Wildman–Crippen MR) is 52.5 cm³/mol. The summed E-state index contributed by atoms with van der Waals surface area (Å²) in [6.07, 6.45) is 5.45. The third kappa shape index (κ3) is 3.63. The number of nitrogens with one attached hydrogen (secondary N) is 1.